The van der Waals surface area contributed by atoms with Gasteiger partial charge in [-0.05, 0) is 53.1 Å². The van der Waals surface area contributed by atoms with E-state index in [0.717, 1.165) is 12.1 Å². The molecule has 212 valence electrons. The average molecular weight is 603 g/mol. The number of pyridine rings is 1. The van der Waals surface area contributed by atoms with Crippen molar-refractivity contribution in [1.82, 2.24) is 4.98 Å². The first-order valence-electron chi connectivity index (χ1n) is 12.0. The molecule has 2 unspecified atom stereocenters. The number of aromatic nitrogens is 1. The molecule has 7 nitrogen and oxygen atoms in total. The van der Waals surface area contributed by atoms with E-state index in [1.807, 2.05) is 0 Å². The first-order valence-corrected chi connectivity index (χ1v) is 13.8. The number of carbonyl (C=O) groups is 1. The Morgan fingerprint density at radius 3 is 2.02 bits per heavy atom. The van der Waals surface area contributed by atoms with Crippen molar-refractivity contribution >= 4 is 33.4 Å². The highest BCUT2D eigenvalue weighted by Crippen LogP contribution is 2.36. The lowest BCUT2D eigenvalue weighted by molar-refractivity contribution is -0.0500. The third-order valence-corrected chi connectivity index (χ3v) is 7.18. The topological polar surface area (TPSA) is 94.9 Å². The molecule has 0 spiro atoms. The molecule has 4 rings (SSSR count). The van der Waals surface area contributed by atoms with Crippen molar-refractivity contribution in [3.05, 3.63) is 131 Å². The number of aliphatic imine (C=N–C) groups is 1. The molecule has 0 aliphatic rings. The van der Waals surface area contributed by atoms with Gasteiger partial charge in [0.2, 0.25) is 0 Å². The number of nitrogens with zero attached hydrogens (tertiary/aromatic N) is 2. The summed E-state index contributed by atoms with van der Waals surface area (Å²) in [5.41, 5.74) is -3.19. The Hall–Kier alpha value is -4.22. The summed E-state index contributed by atoms with van der Waals surface area (Å²) in [4.78, 5) is 21.6. The molecule has 1 heterocycles. The molecular formula is C29H22ClF3N2O5S. The lowest BCUT2D eigenvalue weighted by Crippen LogP contribution is -2.28. The smallest absolute Gasteiger partial charge is 0.448 e. The van der Waals surface area contributed by atoms with E-state index < -0.39 is 39.4 Å². The first kappa shape index (κ1) is 29.8. The van der Waals surface area contributed by atoms with Crippen LogP contribution in [-0.4, -0.2) is 37.6 Å². The fraction of sp³-hybridized carbons (Fsp3) is 0.138. The Kier molecular flexibility index (Phi) is 9.09. The second-order valence-corrected chi connectivity index (χ2v) is 10.6. The van der Waals surface area contributed by atoms with Gasteiger partial charge in [-0.15, -0.1) is 0 Å². The van der Waals surface area contributed by atoms with Gasteiger partial charge in [-0.3, -0.25) is 9.98 Å². The van der Waals surface area contributed by atoms with Crippen molar-refractivity contribution in [3.8, 4) is 5.75 Å². The van der Waals surface area contributed by atoms with E-state index in [9.17, 15) is 26.4 Å². The van der Waals surface area contributed by atoms with E-state index in [0.29, 0.717) is 27.4 Å². The third kappa shape index (κ3) is 7.11. The van der Waals surface area contributed by atoms with Crippen molar-refractivity contribution in [2.75, 3.05) is 7.05 Å². The molecule has 0 saturated heterocycles. The summed E-state index contributed by atoms with van der Waals surface area (Å²) in [6, 6.07) is 23.9. The lowest BCUT2D eigenvalue weighted by atomic mass is 9.83. The van der Waals surface area contributed by atoms with Crippen LogP contribution >= 0.6 is 11.6 Å². The highest BCUT2D eigenvalue weighted by Gasteiger charge is 2.48. The predicted octanol–water partition coefficient (Wildman–Crippen LogP) is 6.76. The molecule has 12 heteroatoms. The van der Waals surface area contributed by atoms with Crippen LogP contribution in [0, 0.1) is 0 Å². The number of rotatable bonds is 9. The van der Waals surface area contributed by atoms with Gasteiger partial charge in [0.1, 0.15) is 5.75 Å². The number of hydrogen-bond donors (Lipinski definition) is 0. The van der Waals surface area contributed by atoms with Gasteiger partial charge in [0.25, 0.3) is 0 Å². The number of hydrogen-bond acceptors (Lipinski definition) is 7. The van der Waals surface area contributed by atoms with Gasteiger partial charge in [0, 0.05) is 24.5 Å². The maximum atomic E-state index is 13.1. The van der Waals surface area contributed by atoms with E-state index in [1.54, 1.807) is 66.7 Å². The standard InChI is InChI=1S/C29H22ClF3N2O5S/c1-34-26(27(21-6-3-2-4-7-21)39-28(36)22-8-5-17-35-18-22)25(19-9-13-23(30)14-10-19)20-11-15-24(16-12-20)40-41(37,38)29(31,32)33/h2-18,25,27H,1H3. The van der Waals surface area contributed by atoms with Crippen LogP contribution in [0.5, 0.6) is 5.75 Å². The molecule has 0 amide bonds. The van der Waals surface area contributed by atoms with Crippen LogP contribution in [-0.2, 0) is 14.9 Å². The Balaban J connectivity index is 1.79. The number of alkyl halides is 3. The van der Waals surface area contributed by atoms with Gasteiger partial charge in [0.05, 0.1) is 17.2 Å². The zero-order chi connectivity index (χ0) is 29.6. The maximum Gasteiger partial charge on any atom is 0.534 e. The normalized spacial score (nSPS) is 13.7. The van der Waals surface area contributed by atoms with Crippen LogP contribution in [0.4, 0.5) is 13.2 Å². The number of ether oxygens (including phenoxy) is 1. The van der Waals surface area contributed by atoms with E-state index in [-0.39, 0.29) is 5.56 Å². The Labute approximate surface area is 239 Å². The number of esters is 1. The third-order valence-electron chi connectivity index (χ3n) is 5.95. The van der Waals surface area contributed by atoms with Crippen molar-refractivity contribution in [2.45, 2.75) is 17.5 Å². The predicted molar refractivity (Wildman–Crippen MR) is 148 cm³/mol. The highest BCUT2D eigenvalue weighted by atomic mass is 35.5. The summed E-state index contributed by atoms with van der Waals surface area (Å²) in [6.45, 7) is 0. The number of carbonyl (C=O) groups excluding carboxylic acids is 1. The summed E-state index contributed by atoms with van der Waals surface area (Å²) in [5.74, 6) is -1.87. The van der Waals surface area contributed by atoms with Gasteiger partial charge in [-0.2, -0.15) is 21.6 Å². The zero-order valence-electron chi connectivity index (χ0n) is 21.3. The Bertz CT molecular complexity index is 1620. The minimum absolute atomic E-state index is 0.222. The molecule has 0 radical (unpaired) electrons. The van der Waals surface area contributed by atoms with Crippen LogP contribution in [0.2, 0.25) is 5.02 Å². The van der Waals surface area contributed by atoms with Crippen LogP contribution < -0.4 is 4.18 Å². The van der Waals surface area contributed by atoms with Gasteiger partial charge in [-0.25, -0.2) is 4.79 Å². The average Bonchev–Trinajstić information content (AvgIpc) is 2.96. The molecule has 41 heavy (non-hydrogen) atoms. The molecule has 4 aromatic rings. The maximum absolute atomic E-state index is 13.1. The largest absolute Gasteiger partial charge is 0.534 e. The van der Waals surface area contributed by atoms with Crippen LogP contribution in [0.15, 0.2) is 108 Å². The molecular weight excluding hydrogens is 581 g/mol. The fourth-order valence-corrected chi connectivity index (χ4v) is 4.65. The second kappa shape index (κ2) is 12.5. The lowest BCUT2D eigenvalue weighted by Gasteiger charge is -2.27. The molecule has 3 aromatic carbocycles. The molecule has 0 N–H and O–H groups in total. The Morgan fingerprint density at radius 2 is 1.49 bits per heavy atom. The summed E-state index contributed by atoms with van der Waals surface area (Å²) in [7, 11) is -4.32. The number of benzene rings is 3. The highest BCUT2D eigenvalue weighted by molar-refractivity contribution is 7.88. The van der Waals surface area contributed by atoms with Crippen molar-refractivity contribution in [1.29, 1.82) is 0 Å². The van der Waals surface area contributed by atoms with E-state index in [4.69, 9.17) is 16.3 Å². The molecule has 2 atom stereocenters. The Morgan fingerprint density at radius 1 is 0.878 bits per heavy atom. The van der Waals surface area contributed by atoms with E-state index in [1.165, 1.54) is 31.6 Å². The van der Waals surface area contributed by atoms with Gasteiger partial charge >= 0.3 is 21.6 Å². The van der Waals surface area contributed by atoms with Crippen molar-refractivity contribution in [2.24, 2.45) is 4.99 Å². The SMILES string of the molecule is CN=C(C(OC(=O)c1cccnc1)c1ccccc1)C(c1ccc(Cl)cc1)c1ccc(OS(=O)(=O)C(F)(F)F)cc1. The van der Waals surface area contributed by atoms with Crippen LogP contribution in [0.1, 0.15) is 39.1 Å². The minimum Gasteiger partial charge on any atom is -0.448 e. The quantitative estimate of drug-likeness (QED) is 0.0909. The zero-order valence-corrected chi connectivity index (χ0v) is 22.9. The van der Waals surface area contributed by atoms with Gasteiger partial charge < -0.3 is 8.92 Å². The molecule has 0 bridgehead atoms. The monoisotopic (exact) mass is 602 g/mol. The molecule has 0 fully saturated rings. The van der Waals surface area contributed by atoms with Crippen molar-refractivity contribution < 1.29 is 35.3 Å². The summed E-state index contributed by atoms with van der Waals surface area (Å²) in [5, 5.41) is 0.464. The van der Waals surface area contributed by atoms with Gasteiger partial charge in [0.15, 0.2) is 6.10 Å². The molecule has 1 aromatic heterocycles. The van der Waals surface area contributed by atoms with Crippen LogP contribution in [0.3, 0.4) is 0 Å². The number of halogens is 4. The summed E-state index contributed by atoms with van der Waals surface area (Å²) in [6.07, 6.45) is 1.90. The second-order valence-electron chi connectivity index (χ2n) is 8.62. The van der Waals surface area contributed by atoms with E-state index in [2.05, 4.69) is 14.2 Å². The van der Waals surface area contributed by atoms with Crippen molar-refractivity contribution in [3.63, 3.8) is 0 Å². The molecule has 0 aliphatic heterocycles. The molecule has 0 saturated carbocycles. The van der Waals surface area contributed by atoms with E-state index >= 15 is 0 Å². The summed E-state index contributed by atoms with van der Waals surface area (Å²) < 4.78 is 71.7. The fourth-order valence-electron chi connectivity index (χ4n) is 4.06. The first-order chi connectivity index (χ1) is 19.5. The van der Waals surface area contributed by atoms with Crippen LogP contribution in [0.25, 0.3) is 0 Å². The minimum atomic E-state index is -5.85. The molecule has 0 aliphatic carbocycles. The van der Waals surface area contributed by atoms with Gasteiger partial charge in [-0.1, -0.05) is 66.2 Å². The summed E-state index contributed by atoms with van der Waals surface area (Å²) >= 11 is 6.12.